The molecule has 0 radical (unpaired) electrons. The summed E-state index contributed by atoms with van der Waals surface area (Å²) in [5, 5.41) is 0. The lowest BCUT2D eigenvalue weighted by molar-refractivity contribution is -0.148. The molecule has 0 amide bonds. The first-order chi connectivity index (χ1) is 6.33. The minimum atomic E-state index is -0.259. The standard InChI is InChI=1S/C10H19NO2/c11-8-10(12)13-9-6-4-2-1-3-5-7-9/h9H,1-8,11H2. The number of nitrogens with two attached hydrogens (primary N) is 1. The molecule has 2 N–H and O–H groups in total. The minimum absolute atomic E-state index is 0.0104. The van der Waals surface area contributed by atoms with Gasteiger partial charge in [0.05, 0.1) is 6.54 Å². The Morgan fingerprint density at radius 2 is 1.69 bits per heavy atom. The maximum Gasteiger partial charge on any atom is 0.319 e. The Kier molecular flexibility index (Phi) is 4.83. The zero-order valence-corrected chi connectivity index (χ0v) is 8.13. The zero-order valence-electron chi connectivity index (χ0n) is 8.13. The van der Waals surface area contributed by atoms with Crippen molar-refractivity contribution in [2.75, 3.05) is 6.54 Å². The molecule has 0 aliphatic heterocycles. The Labute approximate surface area is 79.6 Å². The second-order valence-electron chi connectivity index (χ2n) is 3.66. The van der Waals surface area contributed by atoms with Crippen LogP contribution in [0.15, 0.2) is 0 Å². The monoisotopic (exact) mass is 185 g/mol. The molecule has 13 heavy (non-hydrogen) atoms. The molecule has 1 aliphatic rings. The average molecular weight is 185 g/mol. The molecular weight excluding hydrogens is 166 g/mol. The van der Waals surface area contributed by atoms with Gasteiger partial charge >= 0.3 is 5.97 Å². The highest BCUT2D eigenvalue weighted by atomic mass is 16.5. The third kappa shape index (κ3) is 4.27. The molecule has 0 unspecified atom stereocenters. The quantitative estimate of drug-likeness (QED) is 0.665. The highest BCUT2D eigenvalue weighted by Crippen LogP contribution is 2.19. The molecular formula is C10H19NO2. The largest absolute Gasteiger partial charge is 0.461 e. The van der Waals surface area contributed by atoms with E-state index in [0.717, 1.165) is 12.8 Å². The van der Waals surface area contributed by atoms with Gasteiger partial charge in [0.25, 0.3) is 0 Å². The van der Waals surface area contributed by atoms with E-state index in [9.17, 15) is 4.79 Å². The van der Waals surface area contributed by atoms with Crippen molar-refractivity contribution >= 4 is 5.97 Å². The second kappa shape index (κ2) is 5.97. The second-order valence-corrected chi connectivity index (χ2v) is 3.66. The molecule has 76 valence electrons. The number of hydrogen-bond donors (Lipinski definition) is 1. The normalized spacial score (nSPS) is 20.4. The van der Waals surface area contributed by atoms with Crippen molar-refractivity contribution in [2.24, 2.45) is 5.73 Å². The molecule has 0 aromatic rings. The van der Waals surface area contributed by atoms with E-state index in [0.29, 0.717) is 0 Å². The van der Waals surface area contributed by atoms with Crippen molar-refractivity contribution in [2.45, 2.75) is 51.0 Å². The van der Waals surface area contributed by atoms with Crippen molar-refractivity contribution in [1.82, 2.24) is 0 Å². The van der Waals surface area contributed by atoms with Crippen LogP contribution in [-0.2, 0) is 9.53 Å². The van der Waals surface area contributed by atoms with Gasteiger partial charge < -0.3 is 10.5 Å². The van der Waals surface area contributed by atoms with Crippen molar-refractivity contribution < 1.29 is 9.53 Å². The summed E-state index contributed by atoms with van der Waals surface area (Å²) in [6, 6.07) is 0. The number of rotatable bonds is 2. The van der Waals surface area contributed by atoms with Crippen LogP contribution in [0.1, 0.15) is 44.9 Å². The Hall–Kier alpha value is -0.570. The summed E-state index contributed by atoms with van der Waals surface area (Å²) >= 11 is 0. The molecule has 0 heterocycles. The third-order valence-electron chi connectivity index (χ3n) is 2.52. The highest BCUT2D eigenvalue weighted by Gasteiger charge is 2.14. The maximum atomic E-state index is 10.9. The van der Waals surface area contributed by atoms with Gasteiger partial charge in [-0.2, -0.15) is 0 Å². The fourth-order valence-corrected chi connectivity index (χ4v) is 1.77. The Morgan fingerprint density at radius 1 is 1.15 bits per heavy atom. The van der Waals surface area contributed by atoms with E-state index in [2.05, 4.69) is 0 Å². The van der Waals surface area contributed by atoms with E-state index in [4.69, 9.17) is 10.5 Å². The van der Waals surface area contributed by atoms with Gasteiger partial charge in [-0.25, -0.2) is 0 Å². The van der Waals surface area contributed by atoms with Gasteiger partial charge in [0.2, 0.25) is 0 Å². The summed E-state index contributed by atoms with van der Waals surface area (Å²) in [4.78, 5) is 10.9. The van der Waals surface area contributed by atoms with Crippen molar-refractivity contribution in [3.05, 3.63) is 0 Å². The molecule has 0 spiro atoms. The highest BCUT2D eigenvalue weighted by molar-refractivity contribution is 5.71. The number of esters is 1. The molecule has 0 aromatic carbocycles. The minimum Gasteiger partial charge on any atom is -0.461 e. The number of carbonyl (C=O) groups is 1. The van der Waals surface area contributed by atoms with E-state index < -0.39 is 0 Å². The summed E-state index contributed by atoms with van der Waals surface area (Å²) in [7, 11) is 0. The summed E-state index contributed by atoms with van der Waals surface area (Å²) < 4.78 is 5.21. The molecule has 1 fully saturated rings. The predicted molar refractivity (Wildman–Crippen MR) is 51.3 cm³/mol. The average Bonchev–Trinajstić information content (AvgIpc) is 2.09. The lowest BCUT2D eigenvalue weighted by atomic mass is 9.99. The smallest absolute Gasteiger partial charge is 0.319 e. The van der Waals surface area contributed by atoms with E-state index >= 15 is 0 Å². The van der Waals surface area contributed by atoms with Gasteiger partial charge in [-0.1, -0.05) is 19.3 Å². The molecule has 0 aromatic heterocycles. The van der Waals surface area contributed by atoms with Crippen LogP contribution in [0.3, 0.4) is 0 Å². The first-order valence-corrected chi connectivity index (χ1v) is 5.22. The molecule has 0 atom stereocenters. The van der Waals surface area contributed by atoms with Gasteiger partial charge in [-0.05, 0) is 25.7 Å². The topological polar surface area (TPSA) is 52.3 Å². The lowest BCUT2D eigenvalue weighted by Crippen LogP contribution is -2.24. The Bertz CT molecular complexity index is 151. The lowest BCUT2D eigenvalue weighted by Gasteiger charge is -2.19. The van der Waals surface area contributed by atoms with Crippen LogP contribution in [-0.4, -0.2) is 18.6 Å². The van der Waals surface area contributed by atoms with Crippen LogP contribution in [0.2, 0.25) is 0 Å². The predicted octanol–water partition coefficient (Wildman–Crippen LogP) is 1.60. The van der Waals surface area contributed by atoms with Crippen LogP contribution < -0.4 is 5.73 Å². The number of ether oxygens (including phenoxy) is 1. The van der Waals surface area contributed by atoms with Crippen LogP contribution >= 0.6 is 0 Å². The molecule has 1 rings (SSSR count). The van der Waals surface area contributed by atoms with Crippen molar-refractivity contribution in [3.8, 4) is 0 Å². The summed E-state index contributed by atoms with van der Waals surface area (Å²) in [5.41, 5.74) is 5.18. The first-order valence-electron chi connectivity index (χ1n) is 5.22. The Balaban J connectivity index is 2.25. The summed E-state index contributed by atoms with van der Waals surface area (Å²) in [5.74, 6) is -0.259. The molecule has 3 heteroatoms. The molecule has 3 nitrogen and oxygen atoms in total. The van der Waals surface area contributed by atoms with E-state index in [1.54, 1.807) is 0 Å². The molecule has 1 saturated carbocycles. The number of hydrogen-bond acceptors (Lipinski definition) is 3. The fraction of sp³-hybridized carbons (Fsp3) is 0.900. The van der Waals surface area contributed by atoms with Crippen LogP contribution in [0.25, 0.3) is 0 Å². The summed E-state index contributed by atoms with van der Waals surface area (Å²) in [6.07, 6.45) is 8.42. The maximum absolute atomic E-state index is 10.9. The molecule has 0 saturated heterocycles. The third-order valence-corrected chi connectivity index (χ3v) is 2.52. The fourth-order valence-electron chi connectivity index (χ4n) is 1.77. The number of carbonyl (C=O) groups excluding carboxylic acids is 1. The van der Waals surface area contributed by atoms with Crippen molar-refractivity contribution in [3.63, 3.8) is 0 Å². The van der Waals surface area contributed by atoms with Gasteiger partial charge in [-0.3, -0.25) is 4.79 Å². The van der Waals surface area contributed by atoms with E-state index in [1.165, 1.54) is 32.1 Å². The first kappa shape index (κ1) is 10.5. The SMILES string of the molecule is NCC(=O)OC1CCCCCCC1. The van der Waals surface area contributed by atoms with Gasteiger partial charge in [-0.15, -0.1) is 0 Å². The Morgan fingerprint density at radius 3 is 2.23 bits per heavy atom. The van der Waals surface area contributed by atoms with E-state index in [-0.39, 0.29) is 18.6 Å². The zero-order chi connectivity index (χ0) is 9.52. The summed E-state index contributed by atoms with van der Waals surface area (Å²) in [6.45, 7) is 0.0104. The van der Waals surface area contributed by atoms with Crippen molar-refractivity contribution in [1.29, 1.82) is 0 Å². The molecule has 1 aliphatic carbocycles. The van der Waals surface area contributed by atoms with Crippen LogP contribution in [0.5, 0.6) is 0 Å². The van der Waals surface area contributed by atoms with Crippen LogP contribution in [0, 0.1) is 0 Å². The van der Waals surface area contributed by atoms with E-state index in [1.807, 2.05) is 0 Å². The molecule has 0 bridgehead atoms. The van der Waals surface area contributed by atoms with Crippen LogP contribution in [0.4, 0.5) is 0 Å². The van der Waals surface area contributed by atoms with Gasteiger partial charge in [0.15, 0.2) is 0 Å². The van der Waals surface area contributed by atoms with Gasteiger partial charge in [0.1, 0.15) is 6.10 Å². The van der Waals surface area contributed by atoms with Gasteiger partial charge in [0, 0.05) is 0 Å².